The summed E-state index contributed by atoms with van der Waals surface area (Å²) in [4.78, 5) is 1.96. The van der Waals surface area contributed by atoms with Crippen molar-refractivity contribution in [3.63, 3.8) is 0 Å². The van der Waals surface area contributed by atoms with Crippen LogP contribution in [0.1, 0.15) is 25.3 Å². The quantitative estimate of drug-likeness (QED) is 0.476. The molecule has 2 atom stereocenters. The number of benzene rings is 1. The first kappa shape index (κ1) is 24.4. The number of alkyl halides is 3. The minimum absolute atomic E-state index is 0.0657. The predicted octanol–water partition coefficient (Wildman–Crippen LogP) is 2.02. The van der Waals surface area contributed by atoms with Crippen molar-refractivity contribution in [1.29, 1.82) is 0 Å². The Bertz CT molecular complexity index is 1330. The Hall–Kier alpha value is -2.33. The van der Waals surface area contributed by atoms with Crippen molar-refractivity contribution in [3.8, 4) is 5.13 Å². The Morgan fingerprint density at radius 3 is 2.54 bits per heavy atom. The second-order valence-corrected chi connectivity index (χ2v) is 11.7. The summed E-state index contributed by atoms with van der Waals surface area (Å²) in [5, 5.41) is 15.3. The molecule has 0 spiro atoms. The first-order chi connectivity index (χ1) is 16.6. The van der Waals surface area contributed by atoms with Gasteiger partial charge in [-0.3, -0.25) is 0 Å². The molecule has 0 aliphatic carbocycles. The summed E-state index contributed by atoms with van der Waals surface area (Å²) in [6.07, 6.45) is -1.23. The molecule has 2 aromatic heterocycles. The van der Waals surface area contributed by atoms with Crippen molar-refractivity contribution in [1.82, 2.24) is 30.0 Å². The van der Waals surface area contributed by atoms with E-state index in [1.807, 2.05) is 13.8 Å². The van der Waals surface area contributed by atoms with Crippen LogP contribution in [0, 0.1) is 0 Å². The van der Waals surface area contributed by atoms with Crippen LogP contribution in [0.4, 0.5) is 18.9 Å². The predicted molar refractivity (Wildman–Crippen MR) is 124 cm³/mol. The van der Waals surface area contributed by atoms with Gasteiger partial charge >= 0.3 is 0 Å². The molecule has 15 heteroatoms. The first-order valence-corrected chi connectivity index (χ1v) is 13.2. The number of sulfonamides is 1. The average Bonchev–Trinajstić information content (AvgIpc) is 3.42. The van der Waals surface area contributed by atoms with E-state index in [-0.39, 0.29) is 35.3 Å². The van der Waals surface area contributed by atoms with Crippen molar-refractivity contribution in [2.24, 2.45) is 0 Å². The van der Waals surface area contributed by atoms with Crippen molar-refractivity contribution in [3.05, 3.63) is 23.3 Å². The highest BCUT2D eigenvalue weighted by Crippen LogP contribution is 2.35. The van der Waals surface area contributed by atoms with Crippen LogP contribution in [0.5, 0.6) is 0 Å². The largest absolute Gasteiger partial charge is 0.377 e. The van der Waals surface area contributed by atoms with Crippen LogP contribution in [-0.2, 0) is 14.8 Å². The van der Waals surface area contributed by atoms with E-state index in [9.17, 15) is 21.6 Å². The zero-order valence-corrected chi connectivity index (χ0v) is 20.5. The molecule has 4 heterocycles. The summed E-state index contributed by atoms with van der Waals surface area (Å²) >= 11 is 0.669. The van der Waals surface area contributed by atoms with E-state index >= 15 is 0 Å². The van der Waals surface area contributed by atoms with Crippen LogP contribution in [0.3, 0.4) is 0 Å². The molecule has 2 fully saturated rings. The Labute approximate surface area is 203 Å². The number of rotatable bonds is 7. The summed E-state index contributed by atoms with van der Waals surface area (Å²) in [6, 6.07) is 3.21. The van der Waals surface area contributed by atoms with Gasteiger partial charge in [-0.05, 0) is 26.0 Å². The highest BCUT2D eigenvalue weighted by molar-refractivity contribution is 7.89. The molecule has 0 amide bonds. The number of fused-ring (bicyclic) bond motifs is 1. The van der Waals surface area contributed by atoms with Gasteiger partial charge in [0.15, 0.2) is 5.01 Å². The van der Waals surface area contributed by atoms with Gasteiger partial charge < -0.3 is 15.0 Å². The lowest BCUT2D eigenvalue weighted by molar-refractivity contribution is -0.0725. The molecule has 2 saturated heterocycles. The van der Waals surface area contributed by atoms with Crippen LogP contribution in [-0.4, -0.2) is 79.0 Å². The minimum Gasteiger partial charge on any atom is -0.377 e. The van der Waals surface area contributed by atoms with Gasteiger partial charge in [0.2, 0.25) is 15.2 Å². The number of anilines is 1. The summed E-state index contributed by atoms with van der Waals surface area (Å²) in [7, 11) is -4.16. The maximum Gasteiger partial charge on any atom is 0.291 e. The highest BCUT2D eigenvalue weighted by Gasteiger charge is 2.43. The van der Waals surface area contributed by atoms with Crippen LogP contribution in [0.15, 0.2) is 23.2 Å². The molecular weight excluding hydrogens is 507 g/mol. The maximum absolute atomic E-state index is 13.6. The number of hydrogen-bond acceptors (Lipinski definition) is 9. The Morgan fingerprint density at radius 2 is 1.97 bits per heavy atom. The molecule has 10 nitrogen and oxygen atoms in total. The molecule has 0 bridgehead atoms. The van der Waals surface area contributed by atoms with E-state index in [2.05, 4.69) is 30.2 Å². The van der Waals surface area contributed by atoms with Crippen molar-refractivity contribution in [2.75, 3.05) is 37.9 Å². The third-order valence-electron chi connectivity index (χ3n) is 6.01. The minimum atomic E-state index is -4.16. The SMILES string of the molecule is C[C@H]1CN(c2cc(S(=O)(=O)NC3(CF)COC3)cc3c2cnn3-c2nnc(C(F)F)s2)C[C@H](C)N1. The zero-order valence-electron chi connectivity index (χ0n) is 18.9. The third kappa shape index (κ3) is 4.50. The number of nitrogens with zero attached hydrogens (tertiary/aromatic N) is 5. The molecule has 0 saturated carbocycles. The molecule has 0 unspecified atom stereocenters. The lowest BCUT2D eigenvalue weighted by atomic mass is 10.0. The molecule has 2 aliphatic rings. The number of piperazine rings is 1. The summed E-state index contributed by atoms with van der Waals surface area (Å²) in [6.45, 7) is 4.23. The van der Waals surface area contributed by atoms with E-state index in [1.54, 1.807) is 6.20 Å². The molecule has 1 aromatic carbocycles. The average molecular weight is 532 g/mol. The van der Waals surface area contributed by atoms with E-state index in [0.717, 1.165) is 0 Å². The van der Waals surface area contributed by atoms with Crippen LogP contribution in [0.2, 0.25) is 0 Å². The van der Waals surface area contributed by atoms with E-state index in [1.165, 1.54) is 16.8 Å². The normalized spacial score (nSPS) is 22.6. The topological polar surface area (TPSA) is 114 Å². The molecule has 0 radical (unpaired) electrons. The van der Waals surface area contributed by atoms with Crippen LogP contribution >= 0.6 is 11.3 Å². The number of aromatic nitrogens is 4. The Morgan fingerprint density at radius 1 is 1.26 bits per heavy atom. The second-order valence-electron chi connectivity index (χ2n) is 9.04. The molecule has 3 aromatic rings. The Balaban J connectivity index is 1.65. The van der Waals surface area contributed by atoms with Crippen molar-refractivity contribution < 1.29 is 26.3 Å². The lowest BCUT2D eigenvalue weighted by Gasteiger charge is -2.39. The van der Waals surface area contributed by atoms with Crippen molar-refractivity contribution >= 4 is 38.0 Å². The summed E-state index contributed by atoms with van der Waals surface area (Å²) in [5.41, 5.74) is -0.331. The number of hydrogen-bond donors (Lipinski definition) is 2. The maximum atomic E-state index is 13.6. The highest BCUT2D eigenvalue weighted by atomic mass is 32.2. The number of ether oxygens (including phenoxy) is 1. The fourth-order valence-corrected chi connectivity index (χ4v) is 6.50. The summed E-state index contributed by atoms with van der Waals surface area (Å²) < 4.78 is 75.3. The number of nitrogens with one attached hydrogen (secondary N) is 2. The number of halogens is 3. The molecule has 2 aliphatic heterocycles. The van der Waals surface area contributed by atoms with Gasteiger partial charge in [0, 0.05) is 36.2 Å². The van der Waals surface area contributed by atoms with E-state index in [4.69, 9.17) is 4.74 Å². The zero-order chi connectivity index (χ0) is 25.0. The monoisotopic (exact) mass is 531 g/mol. The molecule has 190 valence electrons. The van der Waals surface area contributed by atoms with Gasteiger partial charge in [0.25, 0.3) is 6.43 Å². The van der Waals surface area contributed by atoms with E-state index < -0.39 is 33.7 Å². The Kier molecular flexibility index (Phi) is 6.24. The fourth-order valence-electron chi connectivity index (χ4n) is 4.43. The fraction of sp³-hybridized carbons (Fsp3) is 0.550. The van der Waals surface area contributed by atoms with Gasteiger partial charge in [0.1, 0.15) is 12.2 Å². The van der Waals surface area contributed by atoms with Crippen LogP contribution in [0.25, 0.3) is 16.0 Å². The first-order valence-electron chi connectivity index (χ1n) is 10.9. The molecule has 35 heavy (non-hydrogen) atoms. The van der Waals surface area contributed by atoms with Crippen molar-refractivity contribution in [2.45, 2.75) is 42.8 Å². The van der Waals surface area contributed by atoms with Gasteiger partial charge in [0.05, 0.1) is 29.8 Å². The van der Waals surface area contributed by atoms with Gasteiger partial charge in [-0.25, -0.2) is 26.3 Å². The van der Waals surface area contributed by atoms with Gasteiger partial charge in [-0.15, -0.1) is 10.2 Å². The molecule has 2 N–H and O–H groups in total. The van der Waals surface area contributed by atoms with Gasteiger partial charge in [-0.2, -0.15) is 9.82 Å². The van der Waals surface area contributed by atoms with Gasteiger partial charge in [-0.1, -0.05) is 11.3 Å². The van der Waals surface area contributed by atoms with Crippen LogP contribution < -0.4 is 14.9 Å². The molecular formula is C20H24F3N7O3S2. The standard InChI is InChI=1S/C20H24F3N7O3S2/c1-11-6-29(7-12(2)25-11)15-3-13(35(31,32)28-20(8-21)9-33-10-20)4-16-14(15)5-24-30(16)19-27-26-18(34-19)17(22)23/h3-5,11-12,17,25,28H,6-10H2,1-2H3/t11-,12-/m0/s1. The third-order valence-corrected chi connectivity index (χ3v) is 8.47. The lowest BCUT2D eigenvalue weighted by Crippen LogP contribution is -2.63. The second kappa shape index (κ2) is 8.96. The summed E-state index contributed by atoms with van der Waals surface area (Å²) in [5.74, 6) is 0. The smallest absolute Gasteiger partial charge is 0.291 e. The van der Waals surface area contributed by atoms with E-state index in [0.29, 0.717) is 41.0 Å². The molecule has 5 rings (SSSR count).